The third-order valence-electron chi connectivity index (χ3n) is 5.46. The maximum atomic E-state index is 11.6. The van der Waals surface area contributed by atoms with Gasteiger partial charge in [0, 0.05) is 5.57 Å². The Hall–Kier alpha value is -0.790. The summed E-state index contributed by atoms with van der Waals surface area (Å²) in [4.78, 5) is 11.6. The first-order valence-corrected chi connectivity index (χ1v) is 12.0. The first-order valence-electron chi connectivity index (χ1n) is 12.0. The molecule has 0 saturated heterocycles. The summed E-state index contributed by atoms with van der Waals surface area (Å²) in [6.07, 6.45) is 23.0. The fourth-order valence-electron chi connectivity index (χ4n) is 3.70. The highest BCUT2D eigenvalue weighted by Crippen LogP contribution is 2.19. The maximum Gasteiger partial charge on any atom is 0.333 e. The topological polar surface area (TPSA) is 26.3 Å². The lowest BCUT2D eigenvalue weighted by atomic mass is 9.95. The SMILES string of the molecule is C=C(CC(C)CCCCCCCCCCCCCCCCC)C(=O)OCC. The van der Waals surface area contributed by atoms with Gasteiger partial charge in [-0.3, -0.25) is 0 Å². The summed E-state index contributed by atoms with van der Waals surface area (Å²) >= 11 is 0. The molecule has 160 valence electrons. The summed E-state index contributed by atoms with van der Waals surface area (Å²) in [7, 11) is 0. The predicted octanol–water partition coefficient (Wildman–Crippen LogP) is 8.39. The highest BCUT2D eigenvalue weighted by molar-refractivity contribution is 5.87. The molecular formula is C25H48O2. The summed E-state index contributed by atoms with van der Waals surface area (Å²) in [5.41, 5.74) is 0.630. The van der Waals surface area contributed by atoms with Crippen LogP contribution in [0.1, 0.15) is 130 Å². The Kier molecular flexibility index (Phi) is 19.4. The van der Waals surface area contributed by atoms with E-state index in [1.54, 1.807) is 0 Å². The Labute approximate surface area is 170 Å². The van der Waals surface area contributed by atoms with Gasteiger partial charge < -0.3 is 4.74 Å². The van der Waals surface area contributed by atoms with E-state index in [0.29, 0.717) is 18.1 Å². The van der Waals surface area contributed by atoms with E-state index >= 15 is 0 Å². The third kappa shape index (κ3) is 18.3. The van der Waals surface area contributed by atoms with Crippen molar-refractivity contribution >= 4 is 5.97 Å². The second-order valence-electron chi connectivity index (χ2n) is 8.37. The molecule has 0 bridgehead atoms. The lowest BCUT2D eigenvalue weighted by molar-refractivity contribution is -0.138. The molecule has 0 N–H and O–H groups in total. The molecule has 0 aromatic rings. The number of rotatable bonds is 20. The van der Waals surface area contributed by atoms with Gasteiger partial charge in [0.1, 0.15) is 0 Å². The molecule has 0 aromatic heterocycles. The van der Waals surface area contributed by atoms with Gasteiger partial charge >= 0.3 is 5.97 Å². The largest absolute Gasteiger partial charge is 0.463 e. The highest BCUT2D eigenvalue weighted by Gasteiger charge is 2.11. The lowest BCUT2D eigenvalue weighted by Crippen LogP contribution is -2.09. The van der Waals surface area contributed by atoms with E-state index in [9.17, 15) is 4.79 Å². The van der Waals surface area contributed by atoms with Crippen LogP contribution in [0.4, 0.5) is 0 Å². The smallest absolute Gasteiger partial charge is 0.333 e. The molecule has 0 saturated carbocycles. The fourth-order valence-corrected chi connectivity index (χ4v) is 3.70. The zero-order chi connectivity index (χ0) is 20.2. The summed E-state index contributed by atoms with van der Waals surface area (Å²) in [6.45, 7) is 10.6. The number of ether oxygens (including phenoxy) is 1. The van der Waals surface area contributed by atoms with Gasteiger partial charge in [0.2, 0.25) is 0 Å². The first kappa shape index (κ1) is 26.2. The molecule has 0 radical (unpaired) electrons. The highest BCUT2D eigenvalue weighted by atomic mass is 16.5. The molecular weight excluding hydrogens is 332 g/mol. The Balaban J connectivity index is 3.28. The minimum Gasteiger partial charge on any atom is -0.463 e. The minimum atomic E-state index is -0.221. The molecule has 0 amide bonds. The average Bonchev–Trinajstić information content (AvgIpc) is 2.65. The van der Waals surface area contributed by atoms with Crippen molar-refractivity contribution in [1.82, 2.24) is 0 Å². The Bertz CT molecular complexity index is 348. The standard InChI is InChI=1S/C25H48O2/c1-5-7-8-9-10-11-12-13-14-15-16-17-18-19-20-21-23(3)22-24(4)25(26)27-6-2/h23H,4-22H2,1-3H3. The molecule has 27 heavy (non-hydrogen) atoms. The Morgan fingerprint density at radius 3 is 1.56 bits per heavy atom. The normalized spacial score (nSPS) is 12.1. The number of carbonyl (C=O) groups excluding carboxylic acids is 1. The molecule has 1 atom stereocenters. The van der Waals surface area contributed by atoms with Crippen molar-refractivity contribution in [2.75, 3.05) is 6.61 Å². The number of hydrogen-bond donors (Lipinski definition) is 0. The summed E-state index contributed by atoms with van der Waals surface area (Å²) in [6, 6.07) is 0. The number of unbranched alkanes of at least 4 members (excludes halogenated alkanes) is 14. The van der Waals surface area contributed by atoms with Gasteiger partial charge in [-0.1, -0.05) is 123 Å². The van der Waals surface area contributed by atoms with Gasteiger partial charge in [-0.2, -0.15) is 0 Å². The van der Waals surface area contributed by atoms with E-state index in [2.05, 4.69) is 20.4 Å². The zero-order valence-electron chi connectivity index (χ0n) is 18.8. The second kappa shape index (κ2) is 20.0. The van der Waals surface area contributed by atoms with E-state index in [4.69, 9.17) is 4.74 Å². The fraction of sp³-hybridized carbons (Fsp3) is 0.880. The lowest BCUT2D eigenvalue weighted by Gasteiger charge is -2.12. The molecule has 0 aromatic carbocycles. The van der Waals surface area contributed by atoms with Crippen molar-refractivity contribution in [1.29, 1.82) is 0 Å². The van der Waals surface area contributed by atoms with Gasteiger partial charge in [0.05, 0.1) is 6.61 Å². The van der Waals surface area contributed by atoms with E-state index in [1.165, 1.54) is 103 Å². The average molecular weight is 381 g/mol. The van der Waals surface area contributed by atoms with Crippen LogP contribution in [0.3, 0.4) is 0 Å². The van der Waals surface area contributed by atoms with Crippen molar-refractivity contribution < 1.29 is 9.53 Å². The van der Waals surface area contributed by atoms with Gasteiger partial charge in [0.15, 0.2) is 0 Å². The number of carbonyl (C=O) groups is 1. The number of hydrogen-bond acceptors (Lipinski definition) is 2. The molecule has 0 spiro atoms. The molecule has 0 heterocycles. The van der Waals surface area contributed by atoms with Crippen LogP contribution < -0.4 is 0 Å². The van der Waals surface area contributed by atoms with Crippen molar-refractivity contribution in [3.63, 3.8) is 0 Å². The molecule has 0 aliphatic carbocycles. The van der Waals surface area contributed by atoms with Crippen molar-refractivity contribution in [3.05, 3.63) is 12.2 Å². The van der Waals surface area contributed by atoms with Crippen LogP contribution >= 0.6 is 0 Å². The van der Waals surface area contributed by atoms with E-state index in [1.807, 2.05) is 6.92 Å². The van der Waals surface area contributed by atoms with Crippen LogP contribution in [0, 0.1) is 5.92 Å². The molecule has 0 aliphatic rings. The first-order chi connectivity index (χ1) is 13.1. The minimum absolute atomic E-state index is 0.221. The quantitative estimate of drug-likeness (QED) is 0.120. The van der Waals surface area contributed by atoms with Gasteiger partial charge in [-0.15, -0.1) is 0 Å². The predicted molar refractivity (Wildman–Crippen MR) is 119 cm³/mol. The van der Waals surface area contributed by atoms with E-state index in [0.717, 1.165) is 6.42 Å². The van der Waals surface area contributed by atoms with Crippen molar-refractivity contribution in [2.45, 2.75) is 130 Å². The van der Waals surface area contributed by atoms with Crippen LogP contribution in [-0.2, 0) is 9.53 Å². The van der Waals surface area contributed by atoms with Crippen molar-refractivity contribution in [3.8, 4) is 0 Å². The van der Waals surface area contributed by atoms with Gasteiger partial charge in [0.25, 0.3) is 0 Å². The van der Waals surface area contributed by atoms with Gasteiger partial charge in [-0.05, 0) is 19.3 Å². The van der Waals surface area contributed by atoms with Crippen LogP contribution in [0.5, 0.6) is 0 Å². The molecule has 1 unspecified atom stereocenters. The summed E-state index contributed by atoms with van der Waals surface area (Å²) < 4.78 is 5.00. The van der Waals surface area contributed by atoms with Crippen LogP contribution in [-0.4, -0.2) is 12.6 Å². The van der Waals surface area contributed by atoms with Crippen LogP contribution in [0.25, 0.3) is 0 Å². The monoisotopic (exact) mass is 380 g/mol. The van der Waals surface area contributed by atoms with Gasteiger partial charge in [-0.25, -0.2) is 4.79 Å². The Morgan fingerprint density at radius 1 is 0.741 bits per heavy atom. The zero-order valence-corrected chi connectivity index (χ0v) is 18.8. The maximum absolute atomic E-state index is 11.6. The molecule has 0 fully saturated rings. The van der Waals surface area contributed by atoms with E-state index in [-0.39, 0.29) is 5.97 Å². The summed E-state index contributed by atoms with van der Waals surface area (Å²) in [5.74, 6) is 0.310. The number of esters is 1. The Morgan fingerprint density at radius 2 is 1.15 bits per heavy atom. The molecule has 0 rings (SSSR count). The van der Waals surface area contributed by atoms with E-state index < -0.39 is 0 Å². The van der Waals surface area contributed by atoms with Crippen LogP contribution in [0.15, 0.2) is 12.2 Å². The molecule has 0 aliphatic heterocycles. The third-order valence-corrected chi connectivity index (χ3v) is 5.46. The summed E-state index contributed by atoms with van der Waals surface area (Å²) in [5, 5.41) is 0. The van der Waals surface area contributed by atoms with Crippen molar-refractivity contribution in [2.24, 2.45) is 5.92 Å². The van der Waals surface area contributed by atoms with Crippen LogP contribution in [0.2, 0.25) is 0 Å². The molecule has 2 nitrogen and oxygen atoms in total. The second-order valence-corrected chi connectivity index (χ2v) is 8.37. The molecule has 2 heteroatoms.